The number of carbonyl (C=O) groups excluding carboxylic acids is 3. The van der Waals surface area contributed by atoms with E-state index in [0.29, 0.717) is 45.6 Å². The van der Waals surface area contributed by atoms with Gasteiger partial charge in [-0.1, -0.05) is 70.6 Å². The molecule has 0 unspecified atom stereocenters. The molecule has 1 N–H and O–H groups in total. The van der Waals surface area contributed by atoms with Crippen molar-refractivity contribution in [3.8, 4) is 0 Å². The van der Waals surface area contributed by atoms with Crippen LogP contribution in [0.1, 0.15) is 84.5 Å². The van der Waals surface area contributed by atoms with Crippen molar-refractivity contribution in [1.29, 1.82) is 0 Å². The van der Waals surface area contributed by atoms with Gasteiger partial charge in [0.05, 0.1) is 6.67 Å². The highest BCUT2D eigenvalue weighted by molar-refractivity contribution is 5.96. The fraction of sp³-hybridized carbons (Fsp3) is 0.679. The standard InChI is InChI=1S/C28H44N4O3/c1-3-5-7-8-9-13-16-26(34)30-20-17-28(18-21-30)27(35)31(22-25(33)29-19-6-4-2)23-32(28)24-14-11-10-12-15-24/h10-12,14-15H,3-9,13,16-23H2,1-2H3,(H,29,33). The Balaban J connectivity index is 1.61. The predicted octanol–water partition coefficient (Wildman–Crippen LogP) is 4.32. The molecule has 7 nitrogen and oxygen atoms in total. The minimum atomic E-state index is -0.692. The van der Waals surface area contributed by atoms with Crippen LogP contribution in [0, 0.1) is 0 Å². The molecular formula is C28H44N4O3. The highest BCUT2D eigenvalue weighted by atomic mass is 16.2. The van der Waals surface area contributed by atoms with Gasteiger partial charge in [0.2, 0.25) is 11.8 Å². The van der Waals surface area contributed by atoms with Gasteiger partial charge in [-0.15, -0.1) is 0 Å². The highest BCUT2D eigenvalue weighted by Crippen LogP contribution is 2.39. The van der Waals surface area contributed by atoms with Crippen LogP contribution >= 0.6 is 0 Å². The zero-order chi connectivity index (χ0) is 25.1. The fourth-order valence-electron chi connectivity index (χ4n) is 5.30. The van der Waals surface area contributed by atoms with Crippen LogP contribution < -0.4 is 10.2 Å². The van der Waals surface area contributed by atoms with E-state index in [1.54, 1.807) is 4.90 Å². The third kappa shape index (κ3) is 6.98. The molecule has 1 aromatic carbocycles. The molecule has 2 saturated heterocycles. The number of piperidine rings is 1. The van der Waals surface area contributed by atoms with Gasteiger partial charge in [0, 0.05) is 31.7 Å². The summed E-state index contributed by atoms with van der Waals surface area (Å²) >= 11 is 0. The molecule has 1 spiro atoms. The minimum absolute atomic E-state index is 0.00928. The van der Waals surface area contributed by atoms with E-state index in [2.05, 4.69) is 24.1 Å². The van der Waals surface area contributed by atoms with Gasteiger partial charge in [0.25, 0.3) is 5.91 Å². The second kappa shape index (κ2) is 13.5. The number of nitrogens with zero attached hydrogens (tertiary/aromatic N) is 3. The van der Waals surface area contributed by atoms with E-state index in [1.807, 2.05) is 35.2 Å². The molecule has 35 heavy (non-hydrogen) atoms. The van der Waals surface area contributed by atoms with Crippen molar-refractivity contribution in [2.24, 2.45) is 0 Å². The van der Waals surface area contributed by atoms with Crippen LogP contribution in [-0.2, 0) is 14.4 Å². The maximum Gasteiger partial charge on any atom is 0.250 e. The average Bonchev–Trinajstić information content (AvgIpc) is 3.13. The van der Waals surface area contributed by atoms with Gasteiger partial charge in [-0.3, -0.25) is 14.4 Å². The molecule has 0 aliphatic carbocycles. The lowest BCUT2D eigenvalue weighted by atomic mass is 9.85. The van der Waals surface area contributed by atoms with E-state index in [1.165, 1.54) is 25.7 Å². The first-order valence-electron chi connectivity index (χ1n) is 13.7. The number of amides is 3. The maximum atomic E-state index is 13.7. The Morgan fingerprint density at radius 3 is 2.26 bits per heavy atom. The van der Waals surface area contributed by atoms with Crippen molar-refractivity contribution in [3.05, 3.63) is 30.3 Å². The summed E-state index contributed by atoms with van der Waals surface area (Å²) in [4.78, 5) is 44.8. The molecule has 2 aliphatic rings. The lowest BCUT2D eigenvalue weighted by molar-refractivity contribution is -0.140. The van der Waals surface area contributed by atoms with Gasteiger partial charge in [-0.25, -0.2) is 0 Å². The first-order valence-corrected chi connectivity index (χ1v) is 13.7. The summed E-state index contributed by atoms with van der Waals surface area (Å²) in [6, 6.07) is 9.97. The largest absolute Gasteiger partial charge is 0.355 e. The SMILES string of the molecule is CCCCCCCCC(=O)N1CCC2(CC1)C(=O)N(CC(=O)NCCCC)CN2c1ccccc1. The molecule has 0 atom stereocenters. The van der Waals surface area contributed by atoms with Gasteiger partial charge in [0.15, 0.2) is 0 Å². The van der Waals surface area contributed by atoms with Crippen molar-refractivity contribution >= 4 is 23.4 Å². The zero-order valence-electron chi connectivity index (χ0n) is 21.8. The van der Waals surface area contributed by atoms with Crippen molar-refractivity contribution in [2.75, 3.05) is 37.7 Å². The van der Waals surface area contributed by atoms with Crippen LogP contribution in [0.2, 0.25) is 0 Å². The number of hydrogen-bond donors (Lipinski definition) is 1. The van der Waals surface area contributed by atoms with Crippen molar-refractivity contribution < 1.29 is 14.4 Å². The van der Waals surface area contributed by atoms with Gasteiger partial charge >= 0.3 is 0 Å². The molecule has 0 aromatic heterocycles. The zero-order valence-corrected chi connectivity index (χ0v) is 21.8. The molecule has 7 heteroatoms. The van der Waals surface area contributed by atoms with Crippen LogP contribution in [0.3, 0.4) is 0 Å². The monoisotopic (exact) mass is 484 g/mol. The average molecular weight is 485 g/mol. The Morgan fingerprint density at radius 1 is 0.914 bits per heavy atom. The quantitative estimate of drug-likeness (QED) is 0.423. The topological polar surface area (TPSA) is 73.0 Å². The molecule has 0 saturated carbocycles. The lowest BCUT2D eigenvalue weighted by Gasteiger charge is -2.43. The minimum Gasteiger partial charge on any atom is -0.355 e. The van der Waals surface area contributed by atoms with Crippen LogP contribution in [0.4, 0.5) is 5.69 Å². The number of anilines is 1. The smallest absolute Gasteiger partial charge is 0.250 e. The van der Waals surface area contributed by atoms with E-state index in [-0.39, 0.29) is 24.3 Å². The van der Waals surface area contributed by atoms with E-state index >= 15 is 0 Å². The Bertz CT molecular complexity index is 821. The third-order valence-corrected chi connectivity index (χ3v) is 7.46. The number of likely N-dealkylation sites (tertiary alicyclic amines) is 1. The number of hydrogen-bond acceptors (Lipinski definition) is 4. The Hall–Kier alpha value is -2.57. The van der Waals surface area contributed by atoms with E-state index in [9.17, 15) is 14.4 Å². The summed E-state index contributed by atoms with van der Waals surface area (Å²) in [6.45, 7) is 6.58. The molecular weight excluding hydrogens is 440 g/mol. The number of unbranched alkanes of at least 4 members (excludes halogenated alkanes) is 6. The summed E-state index contributed by atoms with van der Waals surface area (Å²) in [7, 11) is 0. The number of carbonyl (C=O) groups is 3. The maximum absolute atomic E-state index is 13.7. The second-order valence-electron chi connectivity index (χ2n) is 10.0. The Labute approximate surface area is 211 Å². The number of rotatable bonds is 13. The molecule has 3 rings (SSSR count). The summed E-state index contributed by atoms with van der Waals surface area (Å²) in [5.74, 6) is 0.109. The van der Waals surface area contributed by atoms with E-state index in [0.717, 1.165) is 31.4 Å². The Morgan fingerprint density at radius 2 is 1.57 bits per heavy atom. The van der Waals surface area contributed by atoms with Gasteiger partial charge < -0.3 is 20.0 Å². The summed E-state index contributed by atoms with van der Waals surface area (Å²) in [5.41, 5.74) is 0.295. The molecule has 0 radical (unpaired) electrons. The number of nitrogens with one attached hydrogen (secondary N) is 1. The first-order chi connectivity index (χ1) is 17.0. The molecule has 2 fully saturated rings. The van der Waals surface area contributed by atoms with Crippen molar-refractivity contribution in [1.82, 2.24) is 15.1 Å². The van der Waals surface area contributed by atoms with Crippen LogP contribution in [0.25, 0.3) is 0 Å². The number of benzene rings is 1. The van der Waals surface area contributed by atoms with Gasteiger partial charge in [-0.05, 0) is 37.8 Å². The van der Waals surface area contributed by atoms with E-state index < -0.39 is 5.54 Å². The summed E-state index contributed by atoms with van der Waals surface area (Å²) in [5, 5.41) is 2.93. The molecule has 1 aromatic rings. The molecule has 2 aliphatic heterocycles. The summed E-state index contributed by atoms with van der Waals surface area (Å²) < 4.78 is 0. The van der Waals surface area contributed by atoms with E-state index in [4.69, 9.17) is 0 Å². The van der Waals surface area contributed by atoms with Gasteiger partial charge in [-0.2, -0.15) is 0 Å². The Kier molecular flexibility index (Phi) is 10.4. The fourth-order valence-corrected chi connectivity index (χ4v) is 5.30. The predicted molar refractivity (Wildman–Crippen MR) is 140 cm³/mol. The molecule has 194 valence electrons. The van der Waals surface area contributed by atoms with Crippen LogP contribution in [0.5, 0.6) is 0 Å². The van der Waals surface area contributed by atoms with Crippen molar-refractivity contribution in [2.45, 2.75) is 90.0 Å². The molecule has 3 amide bonds. The first kappa shape index (κ1) is 27.0. The van der Waals surface area contributed by atoms with Gasteiger partial charge in [0.1, 0.15) is 12.1 Å². The number of para-hydroxylation sites is 1. The third-order valence-electron chi connectivity index (χ3n) is 7.46. The summed E-state index contributed by atoms with van der Waals surface area (Å²) in [6.07, 6.45) is 10.7. The van der Waals surface area contributed by atoms with Crippen LogP contribution in [0.15, 0.2) is 30.3 Å². The molecule has 2 heterocycles. The highest BCUT2D eigenvalue weighted by Gasteiger charge is 2.54. The second-order valence-corrected chi connectivity index (χ2v) is 10.0. The van der Waals surface area contributed by atoms with Crippen molar-refractivity contribution in [3.63, 3.8) is 0 Å². The lowest BCUT2D eigenvalue weighted by Crippen LogP contribution is -2.57. The molecule has 0 bridgehead atoms. The normalized spacial score (nSPS) is 17.3. The van der Waals surface area contributed by atoms with Crippen LogP contribution in [-0.4, -0.2) is 65.9 Å².